The number of piperidine rings is 1. The number of hydrogen-bond donors (Lipinski definition) is 1. The van der Waals surface area contributed by atoms with Crippen LogP contribution in [-0.4, -0.2) is 84.1 Å². The highest BCUT2D eigenvalue weighted by atomic mass is 32.1. The van der Waals surface area contributed by atoms with Crippen molar-refractivity contribution in [2.75, 3.05) is 57.3 Å². The van der Waals surface area contributed by atoms with Crippen molar-refractivity contribution < 1.29 is 4.79 Å². The van der Waals surface area contributed by atoms with Crippen molar-refractivity contribution in [2.24, 2.45) is 5.92 Å². The van der Waals surface area contributed by atoms with Crippen LogP contribution in [0.3, 0.4) is 0 Å². The van der Waals surface area contributed by atoms with E-state index in [1.807, 2.05) is 0 Å². The number of amides is 1. The summed E-state index contributed by atoms with van der Waals surface area (Å²) in [4.78, 5) is 32.1. The lowest BCUT2D eigenvalue weighted by Gasteiger charge is -2.40. The van der Waals surface area contributed by atoms with Crippen LogP contribution in [0.4, 0.5) is 5.82 Å². The highest BCUT2D eigenvalue weighted by Gasteiger charge is 2.28. The Balaban J connectivity index is 1.04. The summed E-state index contributed by atoms with van der Waals surface area (Å²) in [5.74, 6) is 1.24. The molecule has 0 radical (unpaired) electrons. The summed E-state index contributed by atoms with van der Waals surface area (Å²) < 4.78 is 0. The molecule has 192 valence electrons. The van der Waals surface area contributed by atoms with Crippen molar-refractivity contribution in [2.45, 2.75) is 70.8 Å². The second-order valence-electron chi connectivity index (χ2n) is 10.6. The molecule has 8 heteroatoms. The molecular formula is C27H42N6OS. The standard InChI is InChI=1S/C27H42N6OS/c1-2-23-18-24-25(29-20-30-27(24)35-23)33-13-6-8-21(19-33)26(34)28-11-7-12-31-14-16-32(17-15-31)22-9-4-3-5-10-22/h18,20-22H,2-17,19H2,1H3,(H,28,34). The summed E-state index contributed by atoms with van der Waals surface area (Å²) >= 11 is 1.75. The van der Waals surface area contributed by atoms with Crippen LogP contribution in [0.25, 0.3) is 10.2 Å². The van der Waals surface area contributed by atoms with Crippen LogP contribution in [0.5, 0.6) is 0 Å². The number of carbonyl (C=O) groups excluding carboxylic acids is 1. The van der Waals surface area contributed by atoms with Crippen LogP contribution in [0.1, 0.15) is 63.2 Å². The van der Waals surface area contributed by atoms with Gasteiger partial charge in [0.05, 0.1) is 11.3 Å². The van der Waals surface area contributed by atoms with E-state index in [2.05, 4.69) is 43.0 Å². The number of hydrogen-bond acceptors (Lipinski definition) is 7. The van der Waals surface area contributed by atoms with Gasteiger partial charge < -0.3 is 15.1 Å². The lowest BCUT2D eigenvalue weighted by atomic mass is 9.94. The van der Waals surface area contributed by atoms with Crippen molar-refractivity contribution in [3.63, 3.8) is 0 Å². The molecule has 0 spiro atoms. The van der Waals surface area contributed by atoms with Crippen LogP contribution >= 0.6 is 11.3 Å². The largest absolute Gasteiger partial charge is 0.356 e. The fraction of sp³-hybridized carbons (Fsp3) is 0.741. The zero-order valence-electron chi connectivity index (χ0n) is 21.4. The average molecular weight is 499 g/mol. The van der Waals surface area contributed by atoms with E-state index < -0.39 is 0 Å². The molecule has 1 amide bonds. The first-order valence-corrected chi connectivity index (χ1v) is 14.8. The summed E-state index contributed by atoms with van der Waals surface area (Å²) in [5, 5.41) is 4.38. The second-order valence-corrected chi connectivity index (χ2v) is 11.7. The van der Waals surface area contributed by atoms with Crippen LogP contribution in [0, 0.1) is 5.92 Å². The van der Waals surface area contributed by atoms with Gasteiger partial charge in [0, 0.05) is 56.7 Å². The topological polar surface area (TPSA) is 64.6 Å². The molecule has 0 bridgehead atoms. The third-order valence-electron chi connectivity index (χ3n) is 8.25. The van der Waals surface area contributed by atoms with Gasteiger partial charge in [-0.2, -0.15) is 0 Å². The molecule has 2 aliphatic heterocycles. The average Bonchev–Trinajstić information content (AvgIpc) is 3.36. The number of aryl methyl sites for hydroxylation is 1. The highest BCUT2D eigenvalue weighted by Crippen LogP contribution is 2.32. The first kappa shape index (κ1) is 24.9. The van der Waals surface area contributed by atoms with Gasteiger partial charge in [0.2, 0.25) is 5.91 Å². The molecule has 3 aliphatic rings. The monoisotopic (exact) mass is 498 g/mol. The molecule has 2 saturated heterocycles. The molecule has 1 aliphatic carbocycles. The van der Waals surface area contributed by atoms with Gasteiger partial charge in [0.25, 0.3) is 0 Å². The Hall–Kier alpha value is -1.77. The number of aromatic nitrogens is 2. The van der Waals surface area contributed by atoms with E-state index in [4.69, 9.17) is 0 Å². The summed E-state index contributed by atoms with van der Waals surface area (Å²) in [6.45, 7) is 10.5. The molecule has 35 heavy (non-hydrogen) atoms. The molecule has 1 N–H and O–H groups in total. The third kappa shape index (κ3) is 6.15. The van der Waals surface area contributed by atoms with E-state index >= 15 is 0 Å². The number of nitrogens with zero attached hydrogens (tertiary/aromatic N) is 5. The maximum absolute atomic E-state index is 13.0. The van der Waals surface area contributed by atoms with Crippen molar-refractivity contribution >= 4 is 33.3 Å². The van der Waals surface area contributed by atoms with Gasteiger partial charge in [-0.3, -0.25) is 9.69 Å². The van der Waals surface area contributed by atoms with E-state index in [0.717, 1.165) is 73.9 Å². The van der Waals surface area contributed by atoms with Crippen LogP contribution in [0.15, 0.2) is 12.4 Å². The fourth-order valence-electron chi connectivity index (χ4n) is 6.16. The number of nitrogens with one attached hydrogen (secondary N) is 1. The molecule has 0 aromatic carbocycles. The molecule has 1 atom stereocenters. The maximum atomic E-state index is 13.0. The molecule has 1 saturated carbocycles. The van der Waals surface area contributed by atoms with Crippen molar-refractivity contribution in [3.05, 3.63) is 17.3 Å². The first-order valence-electron chi connectivity index (χ1n) is 13.9. The van der Waals surface area contributed by atoms with E-state index in [1.54, 1.807) is 17.7 Å². The minimum Gasteiger partial charge on any atom is -0.356 e. The normalized spacial score (nSPS) is 23.1. The zero-order chi connectivity index (χ0) is 24.0. The zero-order valence-corrected chi connectivity index (χ0v) is 22.2. The Bertz CT molecular complexity index is 966. The summed E-state index contributed by atoms with van der Waals surface area (Å²) in [7, 11) is 0. The molecular weight excluding hydrogens is 456 g/mol. The van der Waals surface area contributed by atoms with Crippen LogP contribution in [-0.2, 0) is 11.2 Å². The quantitative estimate of drug-likeness (QED) is 0.557. The minimum absolute atomic E-state index is 0.0390. The number of fused-ring (bicyclic) bond motifs is 1. The Labute approximate surface area is 214 Å². The van der Waals surface area contributed by atoms with Gasteiger partial charge in [0.1, 0.15) is 17.0 Å². The second kappa shape index (κ2) is 12.0. The van der Waals surface area contributed by atoms with Gasteiger partial charge in [-0.1, -0.05) is 26.2 Å². The summed E-state index contributed by atoms with van der Waals surface area (Å²) in [6.07, 6.45) is 12.8. The van der Waals surface area contributed by atoms with Gasteiger partial charge in [0.15, 0.2) is 0 Å². The maximum Gasteiger partial charge on any atom is 0.224 e. The fourth-order valence-corrected chi connectivity index (χ4v) is 7.09. The van der Waals surface area contributed by atoms with Crippen molar-refractivity contribution in [3.8, 4) is 0 Å². The van der Waals surface area contributed by atoms with Gasteiger partial charge >= 0.3 is 0 Å². The Kier molecular flexibility index (Phi) is 8.52. The number of piperazine rings is 1. The van der Waals surface area contributed by atoms with Crippen LogP contribution < -0.4 is 10.2 Å². The van der Waals surface area contributed by atoms with E-state index in [0.29, 0.717) is 0 Å². The Morgan fingerprint density at radius 2 is 1.89 bits per heavy atom. The minimum atomic E-state index is 0.0390. The van der Waals surface area contributed by atoms with Crippen molar-refractivity contribution in [1.82, 2.24) is 25.1 Å². The summed E-state index contributed by atoms with van der Waals surface area (Å²) in [5.41, 5.74) is 0. The van der Waals surface area contributed by atoms with Gasteiger partial charge in [-0.15, -0.1) is 11.3 Å². The number of carbonyl (C=O) groups is 1. The van der Waals surface area contributed by atoms with E-state index in [1.165, 1.54) is 63.2 Å². The Morgan fingerprint density at radius 1 is 1.06 bits per heavy atom. The SMILES string of the molecule is CCc1cc2c(N3CCCC(C(=O)NCCCN4CCN(C5CCCCC5)CC4)C3)ncnc2s1. The molecule has 7 nitrogen and oxygen atoms in total. The highest BCUT2D eigenvalue weighted by molar-refractivity contribution is 7.18. The lowest BCUT2D eigenvalue weighted by molar-refractivity contribution is -0.125. The number of thiophene rings is 1. The molecule has 1 unspecified atom stereocenters. The molecule has 5 rings (SSSR count). The number of anilines is 1. The number of rotatable bonds is 8. The van der Waals surface area contributed by atoms with E-state index in [-0.39, 0.29) is 11.8 Å². The van der Waals surface area contributed by atoms with E-state index in [9.17, 15) is 4.79 Å². The predicted octanol–water partition coefficient (Wildman–Crippen LogP) is 3.93. The molecule has 3 fully saturated rings. The molecule has 4 heterocycles. The predicted molar refractivity (Wildman–Crippen MR) is 144 cm³/mol. The molecule has 2 aromatic heterocycles. The van der Waals surface area contributed by atoms with Gasteiger partial charge in [-0.25, -0.2) is 9.97 Å². The summed E-state index contributed by atoms with van der Waals surface area (Å²) in [6, 6.07) is 3.07. The van der Waals surface area contributed by atoms with Gasteiger partial charge in [-0.05, 0) is 51.1 Å². The Morgan fingerprint density at radius 3 is 2.69 bits per heavy atom. The smallest absolute Gasteiger partial charge is 0.224 e. The van der Waals surface area contributed by atoms with Crippen LogP contribution in [0.2, 0.25) is 0 Å². The first-order chi connectivity index (χ1) is 17.2. The lowest BCUT2D eigenvalue weighted by Crippen LogP contribution is -2.51. The molecule has 2 aromatic rings. The van der Waals surface area contributed by atoms with Crippen molar-refractivity contribution in [1.29, 1.82) is 0 Å². The third-order valence-corrected chi connectivity index (χ3v) is 9.44.